The molecule has 0 bridgehead atoms. The van der Waals surface area contributed by atoms with Gasteiger partial charge >= 0.3 is 0 Å². The predicted molar refractivity (Wildman–Crippen MR) is 90.4 cm³/mol. The van der Waals surface area contributed by atoms with E-state index in [4.69, 9.17) is 5.73 Å². The van der Waals surface area contributed by atoms with Gasteiger partial charge in [-0.3, -0.25) is 0 Å². The highest BCUT2D eigenvalue weighted by molar-refractivity contribution is 5.64. The zero-order valence-corrected chi connectivity index (χ0v) is 12.9. The summed E-state index contributed by atoms with van der Waals surface area (Å²) in [6.45, 7) is 2.99. The van der Waals surface area contributed by atoms with Crippen molar-refractivity contribution >= 4 is 0 Å². The van der Waals surface area contributed by atoms with Gasteiger partial charge in [-0.1, -0.05) is 54.1 Å². The first-order valence-electron chi connectivity index (χ1n) is 8.13. The van der Waals surface area contributed by atoms with E-state index < -0.39 is 0 Å². The van der Waals surface area contributed by atoms with Gasteiger partial charge in [-0.2, -0.15) is 0 Å². The van der Waals surface area contributed by atoms with Crippen molar-refractivity contribution in [2.75, 3.05) is 6.54 Å². The monoisotopic (exact) mass is 279 g/mol. The number of benzene rings is 2. The SMILES string of the molecule is Cc1ccc(-c2ccc(C3CCC(CN)CC3)cc2)cc1. The molecule has 110 valence electrons. The van der Waals surface area contributed by atoms with E-state index in [0.717, 1.165) is 18.4 Å². The van der Waals surface area contributed by atoms with E-state index in [1.807, 2.05) is 0 Å². The molecule has 0 aliphatic heterocycles. The van der Waals surface area contributed by atoms with Gasteiger partial charge in [0, 0.05) is 0 Å². The number of nitrogens with two attached hydrogens (primary N) is 1. The lowest BCUT2D eigenvalue weighted by molar-refractivity contribution is 0.333. The van der Waals surface area contributed by atoms with Crippen molar-refractivity contribution in [3.63, 3.8) is 0 Å². The van der Waals surface area contributed by atoms with Crippen molar-refractivity contribution in [1.82, 2.24) is 0 Å². The van der Waals surface area contributed by atoms with Gasteiger partial charge in [-0.05, 0) is 67.7 Å². The number of hydrogen-bond donors (Lipinski definition) is 1. The van der Waals surface area contributed by atoms with E-state index in [9.17, 15) is 0 Å². The third-order valence-corrected chi connectivity index (χ3v) is 4.95. The Kier molecular flexibility index (Phi) is 4.40. The van der Waals surface area contributed by atoms with Crippen LogP contribution in [0.2, 0.25) is 0 Å². The van der Waals surface area contributed by atoms with Crippen LogP contribution in [0.4, 0.5) is 0 Å². The maximum absolute atomic E-state index is 5.78. The van der Waals surface area contributed by atoms with Crippen molar-refractivity contribution in [1.29, 1.82) is 0 Å². The minimum atomic E-state index is 0.736. The lowest BCUT2D eigenvalue weighted by Gasteiger charge is -2.28. The third-order valence-electron chi connectivity index (χ3n) is 4.95. The quantitative estimate of drug-likeness (QED) is 0.850. The Morgan fingerprint density at radius 3 is 1.86 bits per heavy atom. The van der Waals surface area contributed by atoms with E-state index in [0.29, 0.717) is 0 Å². The van der Waals surface area contributed by atoms with Gasteiger partial charge in [-0.15, -0.1) is 0 Å². The number of rotatable bonds is 3. The summed E-state index contributed by atoms with van der Waals surface area (Å²) in [6.07, 6.45) is 5.18. The summed E-state index contributed by atoms with van der Waals surface area (Å²) in [6, 6.07) is 18.0. The molecule has 0 aromatic heterocycles. The van der Waals surface area contributed by atoms with Gasteiger partial charge in [0.1, 0.15) is 0 Å². The maximum Gasteiger partial charge on any atom is -0.00489 e. The first-order chi connectivity index (χ1) is 10.3. The molecule has 0 unspecified atom stereocenters. The molecule has 0 radical (unpaired) electrons. The van der Waals surface area contributed by atoms with Crippen molar-refractivity contribution in [2.45, 2.75) is 38.5 Å². The van der Waals surface area contributed by atoms with Crippen LogP contribution in [-0.4, -0.2) is 6.54 Å². The van der Waals surface area contributed by atoms with E-state index in [-0.39, 0.29) is 0 Å². The lowest BCUT2D eigenvalue weighted by atomic mass is 9.78. The average molecular weight is 279 g/mol. The predicted octanol–water partition coefficient (Wildman–Crippen LogP) is 4.89. The molecule has 3 rings (SSSR count). The highest BCUT2D eigenvalue weighted by Crippen LogP contribution is 2.36. The van der Waals surface area contributed by atoms with Crippen LogP contribution in [0.15, 0.2) is 48.5 Å². The molecule has 2 N–H and O–H groups in total. The highest BCUT2D eigenvalue weighted by Gasteiger charge is 2.21. The zero-order chi connectivity index (χ0) is 14.7. The Balaban J connectivity index is 1.71. The Morgan fingerprint density at radius 1 is 0.810 bits per heavy atom. The van der Waals surface area contributed by atoms with E-state index >= 15 is 0 Å². The van der Waals surface area contributed by atoms with Crippen molar-refractivity contribution in [3.05, 3.63) is 59.7 Å². The Bertz CT molecular complexity index is 560. The molecule has 1 aliphatic carbocycles. The molecule has 1 heteroatoms. The molecular formula is C20H25N. The summed E-state index contributed by atoms with van der Waals surface area (Å²) in [5, 5.41) is 0. The van der Waals surface area contributed by atoms with Gasteiger partial charge in [0.05, 0.1) is 0 Å². The topological polar surface area (TPSA) is 26.0 Å². The first kappa shape index (κ1) is 14.3. The van der Waals surface area contributed by atoms with Crippen LogP contribution < -0.4 is 5.73 Å². The third kappa shape index (κ3) is 3.36. The van der Waals surface area contributed by atoms with Gasteiger partial charge in [0.15, 0.2) is 0 Å². The smallest absolute Gasteiger partial charge is 0.00489 e. The van der Waals surface area contributed by atoms with Crippen molar-refractivity contribution < 1.29 is 0 Å². The Labute approximate surface area is 128 Å². The summed E-state index contributed by atoms with van der Waals surface area (Å²) < 4.78 is 0. The summed E-state index contributed by atoms with van der Waals surface area (Å²) >= 11 is 0. The van der Waals surface area contributed by atoms with Crippen molar-refractivity contribution in [3.8, 4) is 11.1 Å². The molecular weight excluding hydrogens is 254 g/mol. The molecule has 2 aromatic carbocycles. The zero-order valence-electron chi connectivity index (χ0n) is 12.9. The highest BCUT2D eigenvalue weighted by atomic mass is 14.5. The largest absolute Gasteiger partial charge is 0.330 e. The van der Waals surface area contributed by atoms with E-state index in [2.05, 4.69) is 55.5 Å². The van der Waals surface area contributed by atoms with E-state index in [1.54, 1.807) is 0 Å². The first-order valence-corrected chi connectivity index (χ1v) is 8.13. The fourth-order valence-corrected chi connectivity index (χ4v) is 3.43. The second kappa shape index (κ2) is 6.44. The molecule has 0 spiro atoms. The molecule has 1 fully saturated rings. The average Bonchev–Trinajstić information content (AvgIpc) is 2.56. The molecule has 0 saturated heterocycles. The molecule has 0 amide bonds. The normalized spacial score (nSPS) is 22.2. The molecule has 1 saturated carbocycles. The summed E-state index contributed by atoms with van der Waals surface area (Å²) in [5.41, 5.74) is 11.2. The molecule has 1 nitrogen and oxygen atoms in total. The molecule has 0 atom stereocenters. The lowest BCUT2D eigenvalue weighted by Crippen LogP contribution is -2.20. The minimum absolute atomic E-state index is 0.736. The van der Waals surface area contributed by atoms with Crippen LogP contribution in [0.5, 0.6) is 0 Å². The number of hydrogen-bond acceptors (Lipinski definition) is 1. The summed E-state index contributed by atoms with van der Waals surface area (Å²) in [4.78, 5) is 0. The second-order valence-electron chi connectivity index (χ2n) is 6.44. The fourth-order valence-electron chi connectivity index (χ4n) is 3.43. The van der Waals surface area contributed by atoms with Crippen molar-refractivity contribution in [2.24, 2.45) is 11.7 Å². The van der Waals surface area contributed by atoms with Crippen LogP contribution in [0.25, 0.3) is 11.1 Å². The van der Waals surface area contributed by atoms with Crippen LogP contribution >= 0.6 is 0 Å². The van der Waals surface area contributed by atoms with Crippen LogP contribution in [0.1, 0.15) is 42.7 Å². The maximum atomic E-state index is 5.78. The summed E-state index contributed by atoms with van der Waals surface area (Å²) in [7, 11) is 0. The van der Waals surface area contributed by atoms with Crippen LogP contribution in [-0.2, 0) is 0 Å². The number of aryl methyl sites for hydroxylation is 1. The molecule has 2 aromatic rings. The van der Waals surface area contributed by atoms with Gasteiger partial charge < -0.3 is 5.73 Å². The summed E-state index contributed by atoms with van der Waals surface area (Å²) in [5.74, 6) is 1.49. The van der Waals surface area contributed by atoms with Gasteiger partial charge in [-0.25, -0.2) is 0 Å². The van der Waals surface area contributed by atoms with E-state index in [1.165, 1.54) is 47.9 Å². The fraction of sp³-hybridized carbons (Fsp3) is 0.400. The second-order valence-corrected chi connectivity index (χ2v) is 6.44. The standard InChI is InChI=1S/C20H25N/c1-15-2-6-17(7-3-15)19-10-12-20(13-11-19)18-8-4-16(14-21)5-9-18/h2-3,6-7,10-13,16,18H,4-5,8-9,14,21H2,1H3. The molecule has 0 heterocycles. The van der Waals surface area contributed by atoms with Crippen LogP contribution in [0, 0.1) is 12.8 Å². The Morgan fingerprint density at radius 2 is 1.33 bits per heavy atom. The molecule has 1 aliphatic rings. The molecule has 21 heavy (non-hydrogen) atoms. The minimum Gasteiger partial charge on any atom is -0.330 e. The van der Waals surface area contributed by atoms with Gasteiger partial charge in [0.2, 0.25) is 0 Å². The Hall–Kier alpha value is -1.60. The van der Waals surface area contributed by atoms with Crippen LogP contribution in [0.3, 0.4) is 0 Å². The van der Waals surface area contributed by atoms with Gasteiger partial charge in [0.25, 0.3) is 0 Å².